The van der Waals surface area contributed by atoms with Crippen molar-refractivity contribution < 1.29 is 28.7 Å². The fourth-order valence-electron chi connectivity index (χ4n) is 3.64. The lowest BCUT2D eigenvalue weighted by atomic mass is 10.1. The molecule has 0 saturated heterocycles. The zero-order chi connectivity index (χ0) is 25.7. The van der Waals surface area contributed by atoms with E-state index < -0.39 is 5.97 Å². The monoisotopic (exact) mass is 509 g/mol. The Morgan fingerprint density at radius 2 is 1.92 bits per heavy atom. The largest absolute Gasteiger partial charge is 0.493 e. The van der Waals surface area contributed by atoms with Crippen LogP contribution in [0.1, 0.15) is 35.4 Å². The predicted molar refractivity (Wildman–Crippen MR) is 132 cm³/mol. The van der Waals surface area contributed by atoms with Gasteiger partial charge >= 0.3 is 5.97 Å². The Bertz CT molecular complexity index is 1420. The molecule has 0 unspecified atom stereocenters. The third kappa shape index (κ3) is 6.37. The van der Waals surface area contributed by atoms with Crippen LogP contribution in [0.25, 0.3) is 10.9 Å². The Morgan fingerprint density at radius 1 is 1.08 bits per heavy atom. The van der Waals surface area contributed by atoms with Gasteiger partial charge in [0.1, 0.15) is 29.4 Å². The van der Waals surface area contributed by atoms with Crippen molar-refractivity contribution in [3.05, 3.63) is 70.3 Å². The molecule has 0 aliphatic rings. The summed E-state index contributed by atoms with van der Waals surface area (Å²) in [5.41, 5.74) is 2.73. The van der Waals surface area contributed by atoms with Crippen molar-refractivity contribution in [2.75, 3.05) is 6.61 Å². The van der Waals surface area contributed by atoms with Crippen molar-refractivity contribution in [1.29, 1.82) is 0 Å². The fraction of sp³-hybridized carbons (Fsp3) is 0.269. The van der Waals surface area contributed by atoms with Crippen molar-refractivity contribution in [3.8, 4) is 17.4 Å². The summed E-state index contributed by atoms with van der Waals surface area (Å²) in [6, 6.07) is 10.5. The number of benzene rings is 2. The maximum absolute atomic E-state index is 12.4. The molecule has 4 aromatic rings. The van der Waals surface area contributed by atoms with Crippen LogP contribution in [0.15, 0.2) is 47.2 Å². The summed E-state index contributed by atoms with van der Waals surface area (Å²) in [4.78, 5) is 31.7. The lowest BCUT2D eigenvalue weighted by Gasteiger charge is -2.12. The number of carboxylic acids is 1. The molecular formula is C26H24ClN3O6. The van der Waals surface area contributed by atoms with Gasteiger partial charge in [-0.1, -0.05) is 22.8 Å². The molecule has 0 aliphatic heterocycles. The van der Waals surface area contributed by atoms with Gasteiger partial charge in [0.2, 0.25) is 5.88 Å². The van der Waals surface area contributed by atoms with Gasteiger partial charge in [-0.3, -0.25) is 9.59 Å². The number of nitrogens with zero attached hydrogens (tertiary/aromatic N) is 3. The van der Waals surface area contributed by atoms with Crippen LogP contribution < -0.4 is 9.47 Å². The third-order valence-corrected chi connectivity index (χ3v) is 5.72. The topological polar surface area (TPSA) is 125 Å². The van der Waals surface area contributed by atoms with E-state index >= 15 is 0 Å². The van der Waals surface area contributed by atoms with Crippen LogP contribution in [0.2, 0.25) is 5.02 Å². The van der Waals surface area contributed by atoms with Crippen LogP contribution in [-0.2, 0) is 22.4 Å². The number of Topliss-reactive ketones (excluding diaryl/α,β-unsaturated/α-hetero) is 1. The highest BCUT2D eigenvalue weighted by Crippen LogP contribution is 2.33. The Balaban J connectivity index is 1.45. The Kier molecular flexibility index (Phi) is 7.80. The molecule has 0 spiro atoms. The first-order valence-electron chi connectivity index (χ1n) is 11.3. The van der Waals surface area contributed by atoms with E-state index in [9.17, 15) is 9.59 Å². The smallest absolute Gasteiger partial charge is 0.303 e. The summed E-state index contributed by atoms with van der Waals surface area (Å²) < 4.78 is 16.7. The average Bonchev–Trinajstić information content (AvgIpc) is 3.23. The Hall–Kier alpha value is -3.98. The van der Waals surface area contributed by atoms with Gasteiger partial charge in [-0.2, -0.15) is 0 Å². The van der Waals surface area contributed by atoms with E-state index in [1.807, 2.05) is 13.0 Å². The molecule has 36 heavy (non-hydrogen) atoms. The Morgan fingerprint density at radius 3 is 2.64 bits per heavy atom. The van der Waals surface area contributed by atoms with Crippen LogP contribution in [0.4, 0.5) is 0 Å². The summed E-state index contributed by atoms with van der Waals surface area (Å²) in [5.74, 6) is 1.21. The number of halogens is 1. The Labute approximate surface area is 212 Å². The van der Waals surface area contributed by atoms with Gasteiger partial charge in [0.25, 0.3) is 0 Å². The molecule has 9 nitrogen and oxygen atoms in total. The maximum Gasteiger partial charge on any atom is 0.303 e. The van der Waals surface area contributed by atoms with Gasteiger partial charge in [-0.25, -0.2) is 9.97 Å². The lowest BCUT2D eigenvalue weighted by molar-refractivity contribution is -0.137. The van der Waals surface area contributed by atoms with E-state index in [1.54, 1.807) is 37.3 Å². The van der Waals surface area contributed by atoms with E-state index in [0.717, 1.165) is 5.56 Å². The number of hydrogen-bond acceptors (Lipinski definition) is 8. The molecule has 0 bridgehead atoms. The number of ketones is 1. The molecule has 0 fully saturated rings. The summed E-state index contributed by atoms with van der Waals surface area (Å²) in [7, 11) is 0. The summed E-state index contributed by atoms with van der Waals surface area (Å²) in [5, 5.41) is 13.7. The van der Waals surface area contributed by atoms with Crippen molar-refractivity contribution in [3.63, 3.8) is 0 Å². The first-order valence-corrected chi connectivity index (χ1v) is 11.7. The van der Waals surface area contributed by atoms with Crippen LogP contribution in [0.3, 0.4) is 0 Å². The number of aryl methyl sites for hydroxylation is 2. The molecular weight excluding hydrogens is 486 g/mol. The summed E-state index contributed by atoms with van der Waals surface area (Å²) in [6.45, 7) is 3.95. The number of carboxylic acid groups (broad SMARTS) is 1. The molecule has 186 valence electrons. The first-order chi connectivity index (χ1) is 17.3. The average molecular weight is 510 g/mol. The molecule has 2 aromatic carbocycles. The molecule has 0 atom stereocenters. The molecule has 0 radical (unpaired) electrons. The molecule has 2 aromatic heterocycles. The molecule has 10 heteroatoms. The van der Waals surface area contributed by atoms with E-state index in [4.69, 9.17) is 30.7 Å². The first kappa shape index (κ1) is 25.1. The highest BCUT2D eigenvalue weighted by Gasteiger charge is 2.14. The van der Waals surface area contributed by atoms with Gasteiger partial charge in [0.05, 0.1) is 29.6 Å². The van der Waals surface area contributed by atoms with Crippen LogP contribution in [0, 0.1) is 13.8 Å². The number of ether oxygens (including phenoxy) is 2. The standard InChI is InChI=1S/C26H24ClN3O6/c1-15-8-21-23(13-24(15)34-7-3-4-25(32)33)28-14-29-26(21)35-20-6-5-17(22(27)12-20)10-19(31)11-18-9-16(2)36-30-18/h5-6,8-9,12-14H,3-4,7,10-11H2,1-2H3,(H,32,33). The molecule has 2 heterocycles. The van der Waals surface area contributed by atoms with Gasteiger partial charge < -0.3 is 19.1 Å². The molecule has 0 saturated carbocycles. The fourth-order valence-corrected chi connectivity index (χ4v) is 3.87. The SMILES string of the molecule is Cc1cc(CC(=O)Cc2ccc(Oc3ncnc4cc(OCCCC(=O)O)c(C)cc34)cc2Cl)no1. The molecule has 0 amide bonds. The molecule has 4 rings (SSSR count). The predicted octanol–water partition coefficient (Wildman–Crippen LogP) is 5.28. The van der Waals surface area contributed by atoms with Crippen molar-refractivity contribution in [2.24, 2.45) is 0 Å². The zero-order valence-electron chi connectivity index (χ0n) is 19.8. The van der Waals surface area contributed by atoms with E-state index in [0.29, 0.717) is 63.3 Å². The van der Waals surface area contributed by atoms with Crippen molar-refractivity contribution >= 4 is 34.3 Å². The van der Waals surface area contributed by atoms with Crippen molar-refractivity contribution in [2.45, 2.75) is 39.5 Å². The maximum atomic E-state index is 12.4. The second-order valence-corrected chi connectivity index (χ2v) is 8.74. The normalized spacial score (nSPS) is 11.0. The molecule has 1 N–H and O–H groups in total. The van der Waals surface area contributed by atoms with Gasteiger partial charge in [0.15, 0.2) is 0 Å². The highest BCUT2D eigenvalue weighted by molar-refractivity contribution is 6.31. The van der Waals surface area contributed by atoms with Crippen LogP contribution in [0.5, 0.6) is 17.4 Å². The minimum absolute atomic E-state index is 0.0304. The van der Waals surface area contributed by atoms with E-state index in [2.05, 4.69) is 15.1 Å². The lowest BCUT2D eigenvalue weighted by Crippen LogP contribution is -2.07. The number of carbonyl (C=O) groups is 2. The van der Waals surface area contributed by atoms with E-state index in [-0.39, 0.29) is 25.0 Å². The molecule has 0 aliphatic carbocycles. The second-order valence-electron chi connectivity index (χ2n) is 8.34. The number of carbonyl (C=O) groups excluding carboxylic acids is 1. The number of aromatic nitrogens is 3. The minimum atomic E-state index is -0.857. The van der Waals surface area contributed by atoms with Crippen molar-refractivity contribution in [1.82, 2.24) is 15.1 Å². The zero-order valence-corrected chi connectivity index (χ0v) is 20.5. The van der Waals surface area contributed by atoms with E-state index in [1.165, 1.54) is 6.33 Å². The number of hydrogen-bond donors (Lipinski definition) is 1. The number of rotatable bonds is 11. The van der Waals surface area contributed by atoms with Crippen LogP contribution >= 0.6 is 11.6 Å². The van der Waals surface area contributed by atoms with Gasteiger partial charge in [-0.15, -0.1) is 0 Å². The number of fused-ring (bicyclic) bond motifs is 1. The third-order valence-electron chi connectivity index (χ3n) is 5.37. The number of aliphatic carboxylic acids is 1. The summed E-state index contributed by atoms with van der Waals surface area (Å²) in [6.07, 6.45) is 2.18. The summed E-state index contributed by atoms with van der Waals surface area (Å²) >= 11 is 6.44. The minimum Gasteiger partial charge on any atom is -0.493 e. The van der Waals surface area contributed by atoms with Crippen LogP contribution in [-0.4, -0.2) is 38.6 Å². The van der Waals surface area contributed by atoms with Gasteiger partial charge in [-0.05, 0) is 49.6 Å². The highest BCUT2D eigenvalue weighted by atomic mass is 35.5. The quantitative estimate of drug-likeness (QED) is 0.269. The second kappa shape index (κ2) is 11.2. The van der Waals surface area contributed by atoms with Gasteiger partial charge in [0, 0.05) is 30.0 Å².